The molecule has 0 saturated carbocycles. The van der Waals surface area contributed by atoms with E-state index in [1.54, 1.807) is 24.3 Å². The van der Waals surface area contributed by atoms with Crippen LogP contribution in [0, 0.1) is 6.92 Å². The van der Waals surface area contributed by atoms with Gasteiger partial charge < -0.3 is 10.1 Å². The fourth-order valence-corrected chi connectivity index (χ4v) is 3.42. The molecule has 8 heteroatoms. The van der Waals surface area contributed by atoms with Gasteiger partial charge in [0.05, 0.1) is 5.56 Å². The highest BCUT2D eigenvalue weighted by Crippen LogP contribution is 2.20. The van der Waals surface area contributed by atoms with Crippen molar-refractivity contribution in [1.82, 2.24) is 14.8 Å². The van der Waals surface area contributed by atoms with Gasteiger partial charge in [0, 0.05) is 11.4 Å². The summed E-state index contributed by atoms with van der Waals surface area (Å²) in [6.07, 6.45) is 1.93. The van der Waals surface area contributed by atoms with Crippen LogP contribution in [-0.4, -0.2) is 39.5 Å². The van der Waals surface area contributed by atoms with E-state index in [-0.39, 0.29) is 12.5 Å². The largest absolute Gasteiger partial charge is 0.452 e. The maximum absolute atomic E-state index is 12.3. The Morgan fingerprint density at radius 3 is 2.33 bits per heavy atom. The standard InChI is InChI=1S/C22H24N4O3S/c1-14(2)16-5-9-18(10-6-16)23-20(27)13-29-21(28)17-7-11-19(12-8-17)26-15(3)24-25-22(26)30-4/h5-12,14H,13H2,1-4H3,(H,23,27). The number of rotatable bonds is 7. The van der Waals surface area contributed by atoms with Gasteiger partial charge in [0.15, 0.2) is 11.8 Å². The van der Waals surface area contributed by atoms with E-state index in [4.69, 9.17) is 4.74 Å². The molecule has 0 bridgehead atoms. The van der Waals surface area contributed by atoms with Crippen molar-refractivity contribution in [3.8, 4) is 5.69 Å². The van der Waals surface area contributed by atoms with Crippen molar-refractivity contribution in [1.29, 1.82) is 0 Å². The molecular formula is C22H24N4O3S. The maximum atomic E-state index is 12.3. The number of aromatic nitrogens is 3. The van der Waals surface area contributed by atoms with Crippen molar-refractivity contribution in [3.05, 3.63) is 65.5 Å². The zero-order chi connectivity index (χ0) is 21.7. The van der Waals surface area contributed by atoms with Crippen LogP contribution in [0.25, 0.3) is 5.69 Å². The lowest BCUT2D eigenvalue weighted by atomic mass is 10.0. The van der Waals surface area contributed by atoms with Crippen LogP contribution in [-0.2, 0) is 9.53 Å². The number of esters is 1. The van der Waals surface area contributed by atoms with Crippen LogP contribution < -0.4 is 5.32 Å². The number of hydrogen-bond acceptors (Lipinski definition) is 6. The number of carbonyl (C=O) groups is 2. The number of amides is 1. The lowest BCUT2D eigenvalue weighted by Crippen LogP contribution is -2.21. The molecule has 0 unspecified atom stereocenters. The molecule has 156 valence electrons. The van der Waals surface area contributed by atoms with Gasteiger partial charge in [-0.2, -0.15) is 0 Å². The number of ether oxygens (including phenoxy) is 1. The highest BCUT2D eigenvalue weighted by atomic mass is 32.2. The fraction of sp³-hybridized carbons (Fsp3) is 0.273. The smallest absolute Gasteiger partial charge is 0.338 e. The Balaban J connectivity index is 1.57. The lowest BCUT2D eigenvalue weighted by molar-refractivity contribution is -0.119. The fourth-order valence-electron chi connectivity index (χ4n) is 2.88. The third kappa shape index (κ3) is 5.07. The maximum Gasteiger partial charge on any atom is 0.338 e. The van der Waals surface area contributed by atoms with Gasteiger partial charge in [0.1, 0.15) is 5.82 Å². The van der Waals surface area contributed by atoms with Gasteiger partial charge in [-0.1, -0.05) is 37.7 Å². The number of anilines is 1. The number of nitrogens with zero attached hydrogens (tertiary/aromatic N) is 3. The molecule has 1 aromatic heterocycles. The molecular weight excluding hydrogens is 400 g/mol. The zero-order valence-electron chi connectivity index (χ0n) is 17.4. The number of nitrogens with one attached hydrogen (secondary N) is 1. The van der Waals surface area contributed by atoms with Crippen molar-refractivity contribution in [3.63, 3.8) is 0 Å². The summed E-state index contributed by atoms with van der Waals surface area (Å²) in [6, 6.07) is 14.5. The Hall–Kier alpha value is -3.13. The molecule has 0 atom stereocenters. The third-order valence-corrected chi connectivity index (χ3v) is 5.16. The van der Waals surface area contributed by atoms with E-state index in [9.17, 15) is 9.59 Å². The molecule has 1 heterocycles. The van der Waals surface area contributed by atoms with Gasteiger partial charge >= 0.3 is 5.97 Å². The second-order valence-corrected chi connectivity index (χ2v) is 7.79. The molecule has 3 aromatic rings. The van der Waals surface area contributed by atoms with Crippen molar-refractivity contribution < 1.29 is 14.3 Å². The Bertz CT molecular complexity index is 1030. The molecule has 1 N–H and O–H groups in total. The summed E-state index contributed by atoms with van der Waals surface area (Å²) in [5, 5.41) is 11.7. The SMILES string of the molecule is CSc1nnc(C)n1-c1ccc(C(=O)OCC(=O)Nc2ccc(C(C)C)cc2)cc1. The predicted octanol–water partition coefficient (Wildman–Crippen LogP) is 4.22. The van der Waals surface area contributed by atoms with Gasteiger partial charge in [-0.05, 0) is 61.1 Å². The van der Waals surface area contributed by atoms with Crippen molar-refractivity contribution in [2.45, 2.75) is 31.8 Å². The van der Waals surface area contributed by atoms with Crippen molar-refractivity contribution in [2.75, 3.05) is 18.2 Å². The molecule has 0 spiro atoms. The average Bonchev–Trinajstić information content (AvgIpc) is 3.13. The molecule has 0 aliphatic carbocycles. The summed E-state index contributed by atoms with van der Waals surface area (Å²) >= 11 is 1.49. The molecule has 3 rings (SSSR count). The monoisotopic (exact) mass is 424 g/mol. The first kappa shape index (κ1) is 21.6. The van der Waals surface area contributed by atoms with Crippen molar-refractivity contribution >= 4 is 29.3 Å². The Morgan fingerprint density at radius 2 is 1.73 bits per heavy atom. The normalized spacial score (nSPS) is 10.8. The minimum atomic E-state index is -0.558. The minimum absolute atomic E-state index is 0.353. The third-order valence-electron chi connectivity index (χ3n) is 4.53. The summed E-state index contributed by atoms with van der Waals surface area (Å²) in [5.74, 6) is 0.232. The predicted molar refractivity (Wildman–Crippen MR) is 117 cm³/mol. The summed E-state index contributed by atoms with van der Waals surface area (Å²) in [5.41, 5.74) is 3.07. The van der Waals surface area contributed by atoms with E-state index < -0.39 is 5.97 Å². The number of benzene rings is 2. The van der Waals surface area contributed by atoms with E-state index in [0.29, 0.717) is 17.2 Å². The summed E-state index contributed by atoms with van der Waals surface area (Å²) < 4.78 is 7.04. The Kier molecular flexibility index (Phi) is 6.89. The lowest BCUT2D eigenvalue weighted by Gasteiger charge is -2.10. The van der Waals surface area contributed by atoms with Gasteiger partial charge in [0.25, 0.3) is 5.91 Å². The summed E-state index contributed by atoms with van der Waals surface area (Å²) in [7, 11) is 0. The molecule has 0 saturated heterocycles. The second kappa shape index (κ2) is 9.58. The van der Waals surface area contributed by atoms with E-state index in [1.807, 2.05) is 42.0 Å². The summed E-state index contributed by atoms with van der Waals surface area (Å²) in [4.78, 5) is 24.3. The molecule has 0 radical (unpaired) electrons. The zero-order valence-corrected chi connectivity index (χ0v) is 18.2. The quantitative estimate of drug-likeness (QED) is 0.452. The molecule has 7 nitrogen and oxygen atoms in total. The van der Waals surface area contributed by atoms with Crippen LogP contribution in [0.3, 0.4) is 0 Å². The van der Waals surface area contributed by atoms with E-state index >= 15 is 0 Å². The van der Waals surface area contributed by atoms with Crippen molar-refractivity contribution in [2.24, 2.45) is 0 Å². The van der Waals surface area contributed by atoms with Crippen LogP contribution >= 0.6 is 11.8 Å². The van der Waals surface area contributed by atoms with Crippen LogP contribution in [0.2, 0.25) is 0 Å². The number of carbonyl (C=O) groups excluding carboxylic acids is 2. The molecule has 1 amide bonds. The number of aryl methyl sites for hydroxylation is 1. The highest BCUT2D eigenvalue weighted by Gasteiger charge is 2.13. The molecule has 0 aliphatic rings. The first-order chi connectivity index (χ1) is 14.4. The average molecular weight is 425 g/mol. The van der Waals surface area contributed by atoms with Crippen LogP contribution in [0.1, 0.15) is 41.5 Å². The van der Waals surface area contributed by atoms with Crippen LogP contribution in [0.15, 0.2) is 53.7 Å². The van der Waals surface area contributed by atoms with Crippen LogP contribution in [0.5, 0.6) is 0 Å². The summed E-state index contributed by atoms with van der Waals surface area (Å²) in [6.45, 7) is 5.72. The van der Waals surface area contributed by atoms with Gasteiger partial charge in [-0.25, -0.2) is 4.79 Å². The molecule has 0 aliphatic heterocycles. The minimum Gasteiger partial charge on any atom is -0.452 e. The first-order valence-corrected chi connectivity index (χ1v) is 10.7. The second-order valence-electron chi connectivity index (χ2n) is 7.02. The van der Waals surface area contributed by atoms with Crippen LogP contribution in [0.4, 0.5) is 5.69 Å². The molecule has 30 heavy (non-hydrogen) atoms. The highest BCUT2D eigenvalue weighted by molar-refractivity contribution is 7.98. The van der Waals surface area contributed by atoms with Gasteiger partial charge in [-0.3, -0.25) is 9.36 Å². The van der Waals surface area contributed by atoms with Gasteiger partial charge in [-0.15, -0.1) is 10.2 Å². The molecule has 0 fully saturated rings. The van der Waals surface area contributed by atoms with E-state index in [0.717, 1.165) is 16.7 Å². The first-order valence-electron chi connectivity index (χ1n) is 9.52. The Labute approximate surface area is 179 Å². The number of thioether (sulfide) groups is 1. The van der Waals surface area contributed by atoms with Gasteiger partial charge in [0.2, 0.25) is 0 Å². The number of hydrogen-bond donors (Lipinski definition) is 1. The van der Waals surface area contributed by atoms with E-state index in [2.05, 4.69) is 29.4 Å². The Morgan fingerprint density at radius 1 is 1.07 bits per heavy atom. The topological polar surface area (TPSA) is 86.1 Å². The van der Waals surface area contributed by atoms with E-state index in [1.165, 1.54) is 17.3 Å². The molecule has 2 aromatic carbocycles.